The molecule has 2 aromatic carbocycles. The van der Waals surface area contributed by atoms with Gasteiger partial charge in [0.1, 0.15) is 5.75 Å². The van der Waals surface area contributed by atoms with Crippen LogP contribution < -0.4 is 5.32 Å². The third kappa shape index (κ3) is 2.95. The average Bonchev–Trinajstić information content (AvgIpc) is 2.83. The van der Waals surface area contributed by atoms with Crippen LogP contribution in [0.3, 0.4) is 0 Å². The van der Waals surface area contributed by atoms with Gasteiger partial charge in [0.05, 0.1) is 15.2 Å². The summed E-state index contributed by atoms with van der Waals surface area (Å²) in [5.74, 6) is -0.412. The topological polar surface area (TPSA) is 62.2 Å². The Morgan fingerprint density at radius 3 is 2.76 bits per heavy atom. The zero-order valence-electron chi connectivity index (χ0n) is 10.4. The van der Waals surface area contributed by atoms with Gasteiger partial charge in [0.15, 0.2) is 5.13 Å². The van der Waals surface area contributed by atoms with E-state index in [9.17, 15) is 9.90 Å². The molecule has 4 nitrogen and oxygen atoms in total. The molecule has 1 amide bonds. The molecule has 0 fully saturated rings. The second-order valence-corrected chi connectivity index (χ2v) is 6.13. The largest absolute Gasteiger partial charge is 0.506 e. The maximum atomic E-state index is 12.1. The molecule has 0 saturated carbocycles. The SMILES string of the molecule is O=C(Nc1nc2ccc(Cl)cc2s1)c1ccc(O)c(Cl)c1. The van der Waals surface area contributed by atoms with Gasteiger partial charge in [-0.05, 0) is 36.4 Å². The highest BCUT2D eigenvalue weighted by molar-refractivity contribution is 7.22. The summed E-state index contributed by atoms with van der Waals surface area (Å²) in [6.45, 7) is 0. The van der Waals surface area contributed by atoms with Gasteiger partial charge in [0.2, 0.25) is 0 Å². The van der Waals surface area contributed by atoms with E-state index < -0.39 is 0 Å². The van der Waals surface area contributed by atoms with Gasteiger partial charge in [0, 0.05) is 10.6 Å². The number of carbonyl (C=O) groups excluding carboxylic acids is 1. The number of nitrogens with one attached hydrogen (secondary N) is 1. The average molecular weight is 339 g/mol. The first-order valence-corrected chi connectivity index (χ1v) is 7.46. The van der Waals surface area contributed by atoms with Crippen molar-refractivity contribution < 1.29 is 9.90 Å². The molecule has 3 aromatic rings. The summed E-state index contributed by atoms with van der Waals surface area (Å²) >= 11 is 13.0. The summed E-state index contributed by atoms with van der Waals surface area (Å²) in [5.41, 5.74) is 1.11. The molecule has 0 aliphatic rings. The van der Waals surface area contributed by atoms with Gasteiger partial charge in [-0.25, -0.2) is 4.98 Å². The highest BCUT2D eigenvalue weighted by atomic mass is 35.5. The van der Waals surface area contributed by atoms with E-state index in [1.165, 1.54) is 29.5 Å². The molecular weight excluding hydrogens is 331 g/mol. The molecule has 0 bridgehead atoms. The minimum atomic E-state index is -0.345. The summed E-state index contributed by atoms with van der Waals surface area (Å²) in [4.78, 5) is 16.4. The maximum Gasteiger partial charge on any atom is 0.257 e. The predicted molar refractivity (Wildman–Crippen MR) is 85.7 cm³/mol. The smallest absolute Gasteiger partial charge is 0.257 e. The van der Waals surface area contributed by atoms with Crippen LogP contribution in [0.15, 0.2) is 36.4 Å². The Hall–Kier alpha value is -1.82. The van der Waals surface area contributed by atoms with Crippen LogP contribution in [0.1, 0.15) is 10.4 Å². The van der Waals surface area contributed by atoms with E-state index in [4.69, 9.17) is 23.2 Å². The van der Waals surface area contributed by atoms with Gasteiger partial charge in [0.25, 0.3) is 5.91 Å². The molecule has 0 aliphatic carbocycles. The Bertz CT molecular complexity index is 848. The van der Waals surface area contributed by atoms with E-state index in [0.29, 0.717) is 15.7 Å². The Kier molecular flexibility index (Phi) is 3.71. The predicted octanol–water partition coefficient (Wildman–Crippen LogP) is 4.56. The molecule has 0 aliphatic heterocycles. The van der Waals surface area contributed by atoms with Crippen LogP contribution in [0.4, 0.5) is 5.13 Å². The second kappa shape index (κ2) is 5.52. The molecule has 7 heteroatoms. The highest BCUT2D eigenvalue weighted by Crippen LogP contribution is 2.29. The van der Waals surface area contributed by atoms with Crippen molar-refractivity contribution in [3.8, 4) is 5.75 Å². The van der Waals surface area contributed by atoms with Gasteiger partial charge in [-0.3, -0.25) is 10.1 Å². The van der Waals surface area contributed by atoms with E-state index in [-0.39, 0.29) is 16.7 Å². The zero-order chi connectivity index (χ0) is 15.0. The third-order valence-electron chi connectivity index (χ3n) is 2.78. The Morgan fingerprint density at radius 2 is 2.00 bits per heavy atom. The number of aromatic nitrogens is 1. The van der Waals surface area contributed by atoms with Crippen LogP contribution in [0.5, 0.6) is 5.75 Å². The summed E-state index contributed by atoms with van der Waals surface area (Å²) in [6.07, 6.45) is 0. The van der Waals surface area contributed by atoms with Crippen LogP contribution in [0, 0.1) is 0 Å². The number of aromatic hydroxyl groups is 1. The van der Waals surface area contributed by atoms with Crippen LogP contribution in [0.25, 0.3) is 10.2 Å². The number of phenols is 1. The van der Waals surface area contributed by atoms with Crippen molar-refractivity contribution in [3.05, 3.63) is 52.0 Å². The Balaban J connectivity index is 1.87. The minimum absolute atomic E-state index is 0.0668. The molecule has 0 unspecified atom stereocenters. The number of hydrogen-bond acceptors (Lipinski definition) is 4. The third-order valence-corrected chi connectivity index (χ3v) is 4.25. The molecule has 106 valence electrons. The molecule has 2 N–H and O–H groups in total. The van der Waals surface area contributed by atoms with Gasteiger partial charge in [-0.15, -0.1) is 0 Å². The van der Waals surface area contributed by atoms with Crippen LogP contribution in [-0.2, 0) is 0 Å². The zero-order valence-corrected chi connectivity index (χ0v) is 12.8. The lowest BCUT2D eigenvalue weighted by atomic mass is 10.2. The Morgan fingerprint density at radius 1 is 1.19 bits per heavy atom. The lowest BCUT2D eigenvalue weighted by Crippen LogP contribution is -2.11. The number of halogens is 2. The molecule has 0 saturated heterocycles. The van der Waals surface area contributed by atoms with Crippen molar-refractivity contribution in [1.82, 2.24) is 4.98 Å². The summed E-state index contributed by atoms with van der Waals surface area (Å²) in [7, 11) is 0. The molecule has 0 radical (unpaired) electrons. The maximum absolute atomic E-state index is 12.1. The fourth-order valence-electron chi connectivity index (χ4n) is 1.77. The number of nitrogens with zero attached hydrogens (tertiary/aromatic N) is 1. The quantitative estimate of drug-likeness (QED) is 0.719. The molecule has 0 atom stereocenters. The lowest BCUT2D eigenvalue weighted by Gasteiger charge is -2.03. The van der Waals surface area contributed by atoms with E-state index in [1.807, 2.05) is 0 Å². The Labute approximate surface area is 134 Å². The van der Waals surface area contributed by atoms with Crippen LogP contribution in [0.2, 0.25) is 10.0 Å². The second-order valence-electron chi connectivity index (χ2n) is 4.25. The van der Waals surface area contributed by atoms with E-state index in [0.717, 1.165) is 10.2 Å². The lowest BCUT2D eigenvalue weighted by molar-refractivity contribution is 0.102. The van der Waals surface area contributed by atoms with Crippen molar-refractivity contribution in [2.24, 2.45) is 0 Å². The first-order valence-electron chi connectivity index (χ1n) is 5.89. The standard InChI is InChI=1S/C14H8Cl2N2O2S/c15-8-2-3-10-12(6-8)21-14(17-10)18-13(20)7-1-4-11(19)9(16)5-7/h1-6,19H,(H,17,18,20). The van der Waals surface area contributed by atoms with Crippen LogP contribution >= 0.6 is 34.5 Å². The molecular formula is C14H8Cl2N2O2S. The summed E-state index contributed by atoms with van der Waals surface area (Å²) in [5, 5.41) is 13.3. The van der Waals surface area contributed by atoms with Crippen LogP contribution in [-0.4, -0.2) is 16.0 Å². The fourth-order valence-corrected chi connectivity index (χ4v) is 3.09. The first kappa shape index (κ1) is 14.1. The van der Waals surface area contributed by atoms with Gasteiger partial charge in [-0.1, -0.05) is 34.5 Å². The van der Waals surface area contributed by atoms with E-state index in [2.05, 4.69) is 10.3 Å². The van der Waals surface area contributed by atoms with Crippen molar-refractivity contribution in [1.29, 1.82) is 0 Å². The van der Waals surface area contributed by atoms with Crippen molar-refractivity contribution >= 4 is 55.8 Å². The number of carbonyl (C=O) groups is 1. The molecule has 1 heterocycles. The number of amides is 1. The van der Waals surface area contributed by atoms with Crippen molar-refractivity contribution in [3.63, 3.8) is 0 Å². The monoisotopic (exact) mass is 338 g/mol. The number of hydrogen-bond donors (Lipinski definition) is 2. The van der Waals surface area contributed by atoms with E-state index in [1.54, 1.807) is 18.2 Å². The first-order chi connectivity index (χ1) is 10.0. The normalized spacial score (nSPS) is 10.8. The fraction of sp³-hybridized carbons (Fsp3) is 0. The van der Waals surface area contributed by atoms with Gasteiger partial charge in [-0.2, -0.15) is 0 Å². The van der Waals surface area contributed by atoms with E-state index >= 15 is 0 Å². The van der Waals surface area contributed by atoms with Gasteiger partial charge < -0.3 is 5.11 Å². The highest BCUT2D eigenvalue weighted by Gasteiger charge is 2.11. The minimum Gasteiger partial charge on any atom is -0.506 e. The van der Waals surface area contributed by atoms with Gasteiger partial charge >= 0.3 is 0 Å². The molecule has 0 spiro atoms. The molecule has 3 rings (SSSR count). The van der Waals surface area contributed by atoms with Crippen molar-refractivity contribution in [2.45, 2.75) is 0 Å². The summed E-state index contributed by atoms with van der Waals surface area (Å²) < 4.78 is 0.890. The summed E-state index contributed by atoms with van der Waals surface area (Å²) in [6, 6.07) is 9.59. The number of anilines is 1. The number of rotatable bonds is 2. The number of phenolic OH excluding ortho intramolecular Hbond substituents is 1. The molecule has 1 aromatic heterocycles. The number of benzene rings is 2. The number of fused-ring (bicyclic) bond motifs is 1. The van der Waals surface area contributed by atoms with Crippen molar-refractivity contribution in [2.75, 3.05) is 5.32 Å². The number of thiazole rings is 1. The molecule has 21 heavy (non-hydrogen) atoms.